The second-order valence-corrected chi connectivity index (χ2v) is 6.99. The molecule has 2 aliphatic heterocycles. The van der Waals surface area contributed by atoms with E-state index in [9.17, 15) is 8.42 Å². The molecule has 3 rings (SSSR count). The fraction of sp³-hybridized carbons (Fsp3) is 0.571. The molecule has 1 aromatic carbocycles. The Morgan fingerprint density at radius 1 is 1.24 bits per heavy atom. The number of hydrogen-bond donors (Lipinski definition) is 0. The van der Waals surface area contributed by atoms with E-state index in [2.05, 4.69) is 0 Å². The first-order chi connectivity index (χ1) is 9.97. The van der Waals surface area contributed by atoms with Crippen LogP contribution in [0.4, 0.5) is 0 Å². The third kappa shape index (κ3) is 2.29. The highest BCUT2D eigenvalue weighted by atomic mass is 32.2. The van der Waals surface area contributed by atoms with Gasteiger partial charge < -0.3 is 9.47 Å². The van der Waals surface area contributed by atoms with E-state index in [-0.39, 0.29) is 18.6 Å². The lowest BCUT2D eigenvalue weighted by Gasteiger charge is -2.42. The van der Waals surface area contributed by atoms with E-state index < -0.39 is 10.3 Å². The van der Waals surface area contributed by atoms with E-state index >= 15 is 0 Å². The summed E-state index contributed by atoms with van der Waals surface area (Å²) in [5, 5.41) is 0. The van der Waals surface area contributed by atoms with Crippen LogP contribution in [0, 0.1) is 5.92 Å². The van der Waals surface area contributed by atoms with Crippen molar-refractivity contribution in [3.8, 4) is 11.5 Å². The molecule has 0 bridgehead atoms. The smallest absolute Gasteiger partial charge is 0.338 e. The zero-order chi connectivity index (χ0) is 15.2. The molecule has 6 nitrogen and oxygen atoms in total. The molecule has 21 heavy (non-hydrogen) atoms. The number of benzene rings is 1. The van der Waals surface area contributed by atoms with Gasteiger partial charge >= 0.3 is 10.3 Å². The van der Waals surface area contributed by atoms with Gasteiger partial charge in [0.05, 0.1) is 26.9 Å². The third-order valence-electron chi connectivity index (χ3n) is 4.18. The lowest BCUT2D eigenvalue weighted by atomic mass is 9.87. The number of ether oxygens (including phenoxy) is 2. The molecule has 116 valence electrons. The lowest BCUT2D eigenvalue weighted by molar-refractivity contribution is 0.106. The molecule has 0 aromatic heterocycles. The van der Waals surface area contributed by atoms with Gasteiger partial charge in [-0.1, -0.05) is 6.92 Å². The van der Waals surface area contributed by atoms with Crippen molar-refractivity contribution in [2.45, 2.75) is 19.4 Å². The quantitative estimate of drug-likeness (QED) is 0.828. The van der Waals surface area contributed by atoms with Crippen molar-refractivity contribution >= 4 is 10.3 Å². The molecule has 0 spiro atoms. The highest BCUT2D eigenvalue weighted by Crippen LogP contribution is 2.44. The van der Waals surface area contributed by atoms with Gasteiger partial charge in [-0.3, -0.25) is 4.18 Å². The molecule has 7 heteroatoms. The molecule has 1 fully saturated rings. The zero-order valence-electron chi connectivity index (χ0n) is 12.3. The molecule has 0 unspecified atom stereocenters. The maximum absolute atomic E-state index is 12.1. The molecule has 0 N–H and O–H groups in total. The Kier molecular flexibility index (Phi) is 3.59. The van der Waals surface area contributed by atoms with Crippen molar-refractivity contribution < 1.29 is 22.1 Å². The van der Waals surface area contributed by atoms with Gasteiger partial charge in [-0.2, -0.15) is 12.7 Å². The van der Waals surface area contributed by atoms with Gasteiger partial charge in [0, 0.05) is 12.5 Å². The largest absolute Gasteiger partial charge is 0.493 e. The first-order valence-corrected chi connectivity index (χ1v) is 8.25. The van der Waals surface area contributed by atoms with Gasteiger partial charge in [0.15, 0.2) is 11.5 Å². The van der Waals surface area contributed by atoms with Gasteiger partial charge in [-0.25, -0.2) is 0 Å². The van der Waals surface area contributed by atoms with Crippen molar-refractivity contribution in [2.75, 3.05) is 27.4 Å². The predicted molar refractivity (Wildman–Crippen MR) is 76.7 cm³/mol. The van der Waals surface area contributed by atoms with E-state index in [0.717, 1.165) is 11.1 Å². The minimum atomic E-state index is -3.63. The Balaban J connectivity index is 2.13. The summed E-state index contributed by atoms with van der Waals surface area (Å²) in [6.45, 7) is 2.63. The van der Waals surface area contributed by atoms with E-state index in [1.807, 2.05) is 19.1 Å². The number of hydrogen-bond acceptors (Lipinski definition) is 5. The Bertz CT molecular complexity index is 658. The SMILES string of the molecule is COc1cc2c(cc1OC)[C@H]1[C@@H](C)COS(=O)(=O)N1CC2. The number of rotatable bonds is 2. The second kappa shape index (κ2) is 5.15. The summed E-state index contributed by atoms with van der Waals surface area (Å²) in [6, 6.07) is 3.63. The van der Waals surface area contributed by atoms with Crippen LogP contribution >= 0.6 is 0 Å². The molecule has 0 saturated carbocycles. The number of nitrogens with zero attached hydrogens (tertiary/aromatic N) is 1. The Morgan fingerprint density at radius 3 is 2.57 bits per heavy atom. The minimum Gasteiger partial charge on any atom is -0.493 e. The summed E-state index contributed by atoms with van der Waals surface area (Å²) < 4.78 is 41.3. The Morgan fingerprint density at radius 2 is 1.90 bits per heavy atom. The van der Waals surface area contributed by atoms with Crippen LogP contribution in [0.5, 0.6) is 11.5 Å². The summed E-state index contributed by atoms with van der Waals surface area (Å²) in [7, 11) is -0.457. The minimum absolute atomic E-state index is 0.0886. The van der Waals surface area contributed by atoms with E-state index in [0.29, 0.717) is 24.5 Å². The summed E-state index contributed by atoms with van der Waals surface area (Å²) in [6.07, 6.45) is 0.640. The molecular formula is C14H19NO5S. The first kappa shape index (κ1) is 14.6. The van der Waals surface area contributed by atoms with Gasteiger partial charge in [0.25, 0.3) is 0 Å². The maximum atomic E-state index is 12.1. The van der Waals surface area contributed by atoms with Gasteiger partial charge in [0.1, 0.15) is 0 Å². The average molecular weight is 313 g/mol. The van der Waals surface area contributed by atoms with E-state index in [1.165, 1.54) is 4.31 Å². The average Bonchev–Trinajstić information content (AvgIpc) is 2.49. The predicted octanol–water partition coefficient (Wildman–Crippen LogP) is 1.51. The van der Waals surface area contributed by atoms with Gasteiger partial charge in [-0.05, 0) is 29.7 Å². The standard InChI is InChI=1S/C14H19NO5S/c1-9-8-20-21(16,17)15-5-4-10-6-12(18-2)13(19-3)7-11(10)14(9)15/h6-7,9,14H,4-5,8H2,1-3H3/t9-,14+/m0/s1. The van der Waals surface area contributed by atoms with Crippen LogP contribution in [0.15, 0.2) is 12.1 Å². The van der Waals surface area contributed by atoms with Crippen molar-refractivity contribution in [1.29, 1.82) is 0 Å². The Labute approximate surface area is 124 Å². The molecule has 2 aliphatic rings. The van der Waals surface area contributed by atoms with Crippen molar-refractivity contribution in [1.82, 2.24) is 4.31 Å². The van der Waals surface area contributed by atoms with Gasteiger partial charge in [0.2, 0.25) is 0 Å². The lowest BCUT2D eigenvalue weighted by Crippen LogP contribution is -2.48. The molecule has 1 saturated heterocycles. The van der Waals surface area contributed by atoms with E-state index in [1.54, 1.807) is 14.2 Å². The highest BCUT2D eigenvalue weighted by molar-refractivity contribution is 7.84. The van der Waals surface area contributed by atoms with Gasteiger partial charge in [-0.15, -0.1) is 0 Å². The topological polar surface area (TPSA) is 65.1 Å². The maximum Gasteiger partial charge on any atom is 0.338 e. The molecule has 0 amide bonds. The number of methoxy groups -OCH3 is 2. The number of fused-ring (bicyclic) bond motifs is 3. The fourth-order valence-electron chi connectivity index (χ4n) is 3.15. The molecular weight excluding hydrogens is 294 g/mol. The molecule has 0 aliphatic carbocycles. The van der Waals surface area contributed by atoms with Crippen LogP contribution < -0.4 is 9.47 Å². The monoisotopic (exact) mass is 313 g/mol. The van der Waals surface area contributed by atoms with Crippen LogP contribution in [0.3, 0.4) is 0 Å². The summed E-state index contributed by atoms with van der Waals surface area (Å²) in [5.41, 5.74) is 2.09. The highest BCUT2D eigenvalue weighted by Gasteiger charge is 2.43. The van der Waals surface area contributed by atoms with Crippen molar-refractivity contribution in [3.63, 3.8) is 0 Å². The van der Waals surface area contributed by atoms with Crippen LogP contribution in [0.2, 0.25) is 0 Å². The first-order valence-electron chi connectivity index (χ1n) is 6.89. The Hall–Kier alpha value is -1.31. The van der Waals surface area contributed by atoms with Crippen LogP contribution in [-0.4, -0.2) is 40.1 Å². The van der Waals surface area contributed by atoms with Crippen LogP contribution in [-0.2, 0) is 20.9 Å². The molecule has 0 radical (unpaired) electrons. The zero-order valence-corrected chi connectivity index (χ0v) is 13.1. The van der Waals surface area contributed by atoms with Crippen LogP contribution in [0.25, 0.3) is 0 Å². The van der Waals surface area contributed by atoms with Crippen molar-refractivity contribution in [3.05, 3.63) is 23.3 Å². The summed E-state index contributed by atoms with van der Waals surface area (Å²) in [5.74, 6) is 1.38. The molecule has 2 heterocycles. The third-order valence-corrected chi connectivity index (χ3v) is 5.60. The second-order valence-electron chi connectivity index (χ2n) is 5.43. The summed E-state index contributed by atoms with van der Waals surface area (Å²) >= 11 is 0. The van der Waals surface area contributed by atoms with Crippen molar-refractivity contribution in [2.24, 2.45) is 5.92 Å². The summed E-state index contributed by atoms with van der Waals surface area (Å²) in [4.78, 5) is 0. The molecule has 2 atom stereocenters. The fourth-order valence-corrected chi connectivity index (χ4v) is 4.58. The normalized spacial score (nSPS) is 27.6. The van der Waals surface area contributed by atoms with Crippen LogP contribution in [0.1, 0.15) is 24.1 Å². The van der Waals surface area contributed by atoms with E-state index in [4.69, 9.17) is 13.7 Å². The molecule has 1 aromatic rings.